The summed E-state index contributed by atoms with van der Waals surface area (Å²) in [5, 5.41) is 0. The lowest BCUT2D eigenvalue weighted by Crippen LogP contribution is -2.39. The highest BCUT2D eigenvalue weighted by Crippen LogP contribution is 2.40. The van der Waals surface area contributed by atoms with Gasteiger partial charge in [-0.25, -0.2) is 4.98 Å². The molecule has 0 N–H and O–H groups in total. The average Bonchev–Trinajstić information content (AvgIpc) is 3.40. The highest BCUT2D eigenvalue weighted by Gasteiger charge is 2.36. The summed E-state index contributed by atoms with van der Waals surface area (Å²) in [5.41, 5.74) is 6.51. The first-order chi connectivity index (χ1) is 16.7. The third kappa shape index (κ3) is 4.83. The van der Waals surface area contributed by atoms with Crippen LogP contribution in [-0.2, 0) is 11.2 Å². The first-order valence-electron chi connectivity index (χ1n) is 11.7. The minimum Gasteiger partial charge on any atom is -0.406 e. The molecule has 5 rings (SSSR count). The van der Waals surface area contributed by atoms with Gasteiger partial charge in [-0.3, -0.25) is 4.79 Å². The number of imidazole rings is 1. The lowest BCUT2D eigenvalue weighted by atomic mass is 9.97. The Morgan fingerprint density at radius 2 is 1.94 bits per heavy atom. The number of halogens is 3. The molecule has 1 fully saturated rings. The number of fused-ring (bicyclic) bond motifs is 1. The number of carbonyl (C=O) groups excluding carboxylic acids is 1. The molecule has 0 radical (unpaired) electrons. The first-order valence-corrected chi connectivity index (χ1v) is 11.7. The van der Waals surface area contributed by atoms with Gasteiger partial charge in [-0.15, -0.1) is 13.2 Å². The third-order valence-corrected chi connectivity index (χ3v) is 6.70. The minimum absolute atomic E-state index is 0.00307. The van der Waals surface area contributed by atoms with E-state index in [-0.39, 0.29) is 17.7 Å². The van der Waals surface area contributed by atoms with E-state index in [0.717, 1.165) is 45.6 Å². The van der Waals surface area contributed by atoms with Crippen molar-refractivity contribution < 1.29 is 22.7 Å². The van der Waals surface area contributed by atoms with Crippen LogP contribution in [0.4, 0.5) is 13.2 Å². The lowest BCUT2D eigenvalue weighted by Gasteiger charge is -2.34. The second kappa shape index (κ2) is 8.91. The van der Waals surface area contributed by atoms with Gasteiger partial charge in [0, 0.05) is 24.0 Å². The average molecular weight is 482 g/mol. The Bertz CT molecular complexity index is 1310. The predicted octanol–water partition coefficient (Wildman–Crippen LogP) is 6.08. The van der Waals surface area contributed by atoms with Crippen LogP contribution >= 0.6 is 0 Å². The fourth-order valence-electron chi connectivity index (χ4n) is 5.17. The van der Waals surface area contributed by atoms with E-state index in [9.17, 15) is 18.0 Å². The number of alkyl halides is 3. The van der Waals surface area contributed by atoms with Crippen molar-refractivity contribution in [3.8, 4) is 11.4 Å². The van der Waals surface area contributed by atoms with Crippen molar-refractivity contribution in [2.75, 3.05) is 6.54 Å². The molecule has 8 heteroatoms. The lowest BCUT2D eigenvalue weighted by molar-refractivity contribution is -0.274. The minimum atomic E-state index is -4.72. The second-order valence-electron chi connectivity index (χ2n) is 9.20. The number of nitrogens with zero attached hydrogens (tertiary/aromatic N) is 3. The van der Waals surface area contributed by atoms with Crippen LogP contribution in [0.2, 0.25) is 0 Å². The zero-order valence-corrected chi connectivity index (χ0v) is 19.6. The van der Waals surface area contributed by atoms with E-state index in [2.05, 4.69) is 15.8 Å². The molecule has 35 heavy (non-hydrogen) atoms. The first kappa shape index (κ1) is 23.2. The Hall–Kier alpha value is -3.55. The normalized spacial score (nSPS) is 19.3. The van der Waals surface area contributed by atoms with Crippen molar-refractivity contribution in [2.24, 2.45) is 0 Å². The largest absolute Gasteiger partial charge is 0.573 e. The van der Waals surface area contributed by atoms with Crippen LogP contribution in [0.3, 0.4) is 0 Å². The van der Waals surface area contributed by atoms with Gasteiger partial charge in [0.15, 0.2) is 0 Å². The molecule has 2 aromatic carbocycles. The van der Waals surface area contributed by atoms with Crippen molar-refractivity contribution in [3.05, 3.63) is 82.4 Å². The molecule has 2 heterocycles. The Balaban J connectivity index is 1.36. The van der Waals surface area contributed by atoms with Crippen molar-refractivity contribution in [1.29, 1.82) is 0 Å². The molecule has 0 spiro atoms. The fourth-order valence-corrected chi connectivity index (χ4v) is 5.17. The molecule has 5 nitrogen and oxygen atoms in total. The van der Waals surface area contributed by atoms with Gasteiger partial charge in [0.1, 0.15) is 5.75 Å². The molecular weight excluding hydrogens is 455 g/mol. The Kier molecular flexibility index (Phi) is 5.91. The molecule has 1 aromatic heterocycles. The van der Waals surface area contributed by atoms with E-state index < -0.39 is 6.36 Å². The maximum atomic E-state index is 13.4. The molecule has 2 aliphatic rings. The van der Waals surface area contributed by atoms with Crippen LogP contribution in [0.15, 0.2) is 54.5 Å². The van der Waals surface area contributed by atoms with Gasteiger partial charge in [0.2, 0.25) is 5.91 Å². The van der Waals surface area contributed by atoms with Crippen LogP contribution < -0.4 is 4.74 Å². The zero-order chi connectivity index (χ0) is 24.7. The van der Waals surface area contributed by atoms with E-state index >= 15 is 0 Å². The van der Waals surface area contributed by atoms with Crippen LogP contribution in [0, 0.1) is 13.8 Å². The van der Waals surface area contributed by atoms with Crippen molar-refractivity contribution in [3.63, 3.8) is 0 Å². The Morgan fingerprint density at radius 3 is 2.66 bits per heavy atom. The number of hydrogen-bond acceptors (Lipinski definition) is 3. The van der Waals surface area contributed by atoms with Gasteiger partial charge in [-0.05, 0) is 92.1 Å². The van der Waals surface area contributed by atoms with Gasteiger partial charge in [0.25, 0.3) is 0 Å². The number of aromatic nitrogens is 2. The summed E-state index contributed by atoms with van der Waals surface area (Å²) in [6, 6.07) is 10.4. The van der Waals surface area contributed by atoms with E-state index in [4.69, 9.17) is 0 Å². The summed E-state index contributed by atoms with van der Waals surface area (Å²) in [5.74, 6) is -0.219. The van der Waals surface area contributed by atoms with Gasteiger partial charge >= 0.3 is 6.36 Å². The molecule has 1 amide bonds. The number of amides is 1. The molecule has 182 valence electrons. The highest BCUT2D eigenvalue weighted by molar-refractivity contribution is 5.99. The molecule has 0 bridgehead atoms. The van der Waals surface area contributed by atoms with Crippen LogP contribution in [0.1, 0.15) is 53.3 Å². The number of rotatable bonds is 4. The smallest absolute Gasteiger partial charge is 0.406 e. The fraction of sp³-hybridized carbons (Fsp3) is 0.333. The molecule has 1 aliphatic heterocycles. The summed E-state index contributed by atoms with van der Waals surface area (Å²) in [7, 11) is 0. The number of hydrogen-bond donors (Lipinski definition) is 0. The van der Waals surface area contributed by atoms with Crippen molar-refractivity contribution in [1.82, 2.24) is 14.5 Å². The standard InChI is InChI=1S/C27H26F3N3O2/c1-17-12-19(5-9-24(17)32-15-18(2)31-16-32)13-21-4-3-11-33(26(21)34)25-10-6-20-14-22(7-8-23(20)25)35-27(28,29)30/h5,7-9,12-16,25H,3-4,6,10-11H2,1-2H3/b21-13+/t25-/m1/s1. The summed E-state index contributed by atoms with van der Waals surface area (Å²) in [4.78, 5) is 19.6. The summed E-state index contributed by atoms with van der Waals surface area (Å²) >= 11 is 0. The molecular formula is C27H26F3N3O2. The second-order valence-corrected chi connectivity index (χ2v) is 9.20. The van der Waals surface area contributed by atoms with Crippen LogP contribution in [-0.4, -0.2) is 33.3 Å². The molecule has 0 unspecified atom stereocenters. The Morgan fingerprint density at radius 1 is 1.11 bits per heavy atom. The maximum Gasteiger partial charge on any atom is 0.573 e. The van der Waals surface area contributed by atoms with Crippen LogP contribution in [0.25, 0.3) is 11.8 Å². The molecule has 0 saturated carbocycles. The number of ether oxygens (including phenoxy) is 1. The molecule has 1 aliphatic carbocycles. The number of benzene rings is 2. The van der Waals surface area contributed by atoms with E-state index in [0.29, 0.717) is 25.8 Å². The summed E-state index contributed by atoms with van der Waals surface area (Å²) < 4.78 is 43.8. The zero-order valence-electron chi connectivity index (χ0n) is 19.6. The SMILES string of the molecule is Cc1cn(-c2ccc(/C=C3\CCCN([C@@H]4CCc5cc(OC(F)(F)F)ccc54)C3=O)cc2C)cn1. The molecule has 3 aromatic rings. The van der Waals surface area contributed by atoms with E-state index in [1.165, 1.54) is 12.1 Å². The Labute approximate surface area is 201 Å². The third-order valence-electron chi connectivity index (χ3n) is 6.70. The predicted molar refractivity (Wildman–Crippen MR) is 126 cm³/mol. The van der Waals surface area contributed by atoms with Crippen molar-refractivity contribution in [2.45, 2.75) is 51.9 Å². The topological polar surface area (TPSA) is 47.4 Å². The molecule has 1 atom stereocenters. The van der Waals surface area contributed by atoms with Gasteiger partial charge < -0.3 is 14.2 Å². The summed E-state index contributed by atoms with van der Waals surface area (Å²) in [6.45, 7) is 4.62. The van der Waals surface area contributed by atoms with E-state index in [1.807, 2.05) is 47.7 Å². The van der Waals surface area contributed by atoms with Crippen molar-refractivity contribution >= 4 is 12.0 Å². The van der Waals surface area contributed by atoms with Gasteiger partial charge in [0.05, 0.1) is 18.1 Å². The summed E-state index contributed by atoms with van der Waals surface area (Å²) in [6.07, 6.45) is 3.87. The monoisotopic (exact) mass is 481 g/mol. The number of aryl methyl sites for hydroxylation is 3. The quantitative estimate of drug-likeness (QED) is 0.424. The maximum absolute atomic E-state index is 13.4. The van der Waals surface area contributed by atoms with Gasteiger partial charge in [-0.1, -0.05) is 12.1 Å². The highest BCUT2D eigenvalue weighted by atomic mass is 19.4. The van der Waals surface area contributed by atoms with Crippen LogP contribution in [0.5, 0.6) is 5.75 Å². The number of piperidine rings is 1. The van der Waals surface area contributed by atoms with E-state index in [1.54, 1.807) is 12.4 Å². The van der Waals surface area contributed by atoms with Gasteiger partial charge in [-0.2, -0.15) is 0 Å². The number of likely N-dealkylation sites (tertiary alicyclic amines) is 1. The number of carbonyl (C=O) groups is 1. The molecule has 1 saturated heterocycles.